The van der Waals surface area contributed by atoms with Crippen molar-refractivity contribution in [3.8, 4) is 44.5 Å². The molecule has 2 aliphatic heterocycles. The van der Waals surface area contributed by atoms with E-state index in [4.69, 9.17) is 0 Å². The van der Waals surface area contributed by atoms with Crippen molar-refractivity contribution in [1.82, 2.24) is 0 Å². The van der Waals surface area contributed by atoms with Crippen molar-refractivity contribution in [1.29, 1.82) is 0 Å². The van der Waals surface area contributed by atoms with Gasteiger partial charge in [0.25, 0.3) is 6.71 Å². The first-order valence-corrected chi connectivity index (χ1v) is 23.1. The van der Waals surface area contributed by atoms with Gasteiger partial charge in [0.2, 0.25) is 0 Å². The van der Waals surface area contributed by atoms with Crippen LogP contribution in [0.15, 0.2) is 218 Å². The zero-order valence-corrected chi connectivity index (χ0v) is 36.0. The van der Waals surface area contributed by atoms with Crippen LogP contribution in [0.1, 0.15) is 27.1 Å². The van der Waals surface area contributed by atoms with Crippen molar-refractivity contribution in [3.63, 3.8) is 0 Å². The third-order valence-electron chi connectivity index (χ3n) is 14.3. The monoisotopic (exact) mass is 830 g/mol. The van der Waals surface area contributed by atoms with E-state index in [0.29, 0.717) is 0 Å². The number of fused-ring (bicyclic) bond motifs is 15. The summed E-state index contributed by atoms with van der Waals surface area (Å²) < 4.78 is 1.40. The third-order valence-corrected chi connectivity index (χ3v) is 15.7. The Labute approximate surface area is 378 Å². The summed E-state index contributed by atoms with van der Waals surface area (Å²) in [5.74, 6) is 0. The normalized spacial score (nSPS) is 14.0. The van der Waals surface area contributed by atoms with Crippen molar-refractivity contribution in [3.05, 3.63) is 246 Å². The van der Waals surface area contributed by atoms with E-state index in [1.165, 1.54) is 116 Å². The lowest BCUT2D eigenvalue weighted by atomic mass is 9.36. The molecule has 0 atom stereocenters. The minimum Gasteiger partial charge on any atom is -0.311 e. The molecule has 0 fully saturated rings. The van der Waals surface area contributed by atoms with Crippen LogP contribution in [0.5, 0.6) is 0 Å². The molecule has 298 valence electrons. The van der Waals surface area contributed by atoms with Gasteiger partial charge in [0.05, 0.1) is 11.1 Å². The van der Waals surface area contributed by atoms with Gasteiger partial charge in [0.15, 0.2) is 0 Å². The maximum atomic E-state index is 2.60. The standard InChI is InChI=1S/C60H39BN2S/c1-38-31-34-42(35-32-38)62-52-29-16-30-53-56(52)61(51-36-33-40(37-54(51)62)44-22-9-8-21-43(44)39-17-4-2-5-18-39)59-57(63(53)41-19-6-3-7-20-41)55-47-25-12-15-28-50(47)60(58(55)64-59)48-26-13-10-23-45(48)46-24-11-14-27-49(46)60/h2-37H,1H3. The van der Waals surface area contributed by atoms with Crippen LogP contribution in [0.3, 0.4) is 0 Å². The molecule has 0 radical (unpaired) electrons. The fraction of sp³-hybridized carbons (Fsp3) is 0.0333. The van der Waals surface area contributed by atoms with Crippen molar-refractivity contribution < 1.29 is 0 Å². The van der Waals surface area contributed by atoms with Gasteiger partial charge >= 0.3 is 0 Å². The van der Waals surface area contributed by atoms with E-state index in [1.54, 1.807) is 0 Å². The highest BCUT2D eigenvalue weighted by Crippen LogP contribution is 2.66. The van der Waals surface area contributed by atoms with Crippen LogP contribution in [-0.2, 0) is 5.41 Å². The number of benzene rings is 9. The number of hydrogen-bond donors (Lipinski definition) is 0. The Morgan fingerprint density at radius 2 is 0.953 bits per heavy atom. The van der Waals surface area contributed by atoms with Crippen LogP contribution in [-0.4, -0.2) is 6.71 Å². The molecule has 0 saturated carbocycles. The molecule has 4 aliphatic rings. The number of hydrogen-bond acceptors (Lipinski definition) is 3. The average Bonchev–Trinajstić information content (AvgIpc) is 3.99. The molecule has 64 heavy (non-hydrogen) atoms. The Bertz CT molecular complexity index is 3490. The molecule has 0 bridgehead atoms. The van der Waals surface area contributed by atoms with E-state index in [2.05, 4.69) is 235 Å². The van der Waals surface area contributed by atoms with E-state index in [-0.39, 0.29) is 6.71 Å². The molecule has 1 aromatic heterocycles. The summed E-state index contributed by atoms with van der Waals surface area (Å²) in [7, 11) is 0. The Morgan fingerprint density at radius 1 is 0.422 bits per heavy atom. The van der Waals surface area contributed by atoms with Gasteiger partial charge in [-0.05, 0) is 116 Å². The number of anilines is 6. The fourth-order valence-corrected chi connectivity index (χ4v) is 13.4. The highest BCUT2D eigenvalue weighted by atomic mass is 32.1. The van der Waals surface area contributed by atoms with Crippen molar-refractivity contribution >= 4 is 67.9 Å². The largest absolute Gasteiger partial charge is 0.311 e. The van der Waals surface area contributed by atoms with E-state index in [0.717, 1.165) is 5.69 Å². The number of thiophene rings is 1. The number of rotatable bonds is 4. The molecule has 0 amide bonds. The van der Waals surface area contributed by atoms with Gasteiger partial charge in [0, 0.05) is 43.7 Å². The van der Waals surface area contributed by atoms with E-state index in [9.17, 15) is 0 Å². The summed E-state index contributed by atoms with van der Waals surface area (Å²) in [4.78, 5) is 6.56. The maximum absolute atomic E-state index is 2.60. The van der Waals surface area contributed by atoms with Gasteiger partial charge in [-0.25, -0.2) is 0 Å². The zero-order chi connectivity index (χ0) is 42.1. The molecule has 4 heteroatoms. The van der Waals surface area contributed by atoms with Gasteiger partial charge < -0.3 is 9.80 Å². The van der Waals surface area contributed by atoms with Crippen LogP contribution < -0.4 is 25.5 Å². The number of nitrogens with zero attached hydrogens (tertiary/aromatic N) is 2. The van der Waals surface area contributed by atoms with Crippen molar-refractivity contribution in [2.24, 2.45) is 0 Å². The summed E-state index contributed by atoms with van der Waals surface area (Å²) in [6, 6.07) is 81.8. The van der Waals surface area contributed by atoms with Crippen LogP contribution in [0, 0.1) is 6.92 Å². The van der Waals surface area contributed by atoms with Crippen LogP contribution in [0.25, 0.3) is 44.5 Å². The van der Waals surface area contributed by atoms with Gasteiger partial charge in [-0.1, -0.05) is 181 Å². The Kier molecular flexibility index (Phi) is 7.53. The first-order chi connectivity index (χ1) is 31.7. The Morgan fingerprint density at radius 3 is 1.62 bits per heavy atom. The fourth-order valence-electron chi connectivity index (χ4n) is 11.8. The second-order valence-electron chi connectivity index (χ2n) is 17.6. The highest BCUT2D eigenvalue weighted by molar-refractivity contribution is 7.30. The van der Waals surface area contributed by atoms with Gasteiger partial charge in [-0.2, -0.15) is 0 Å². The minimum atomic E-state index is -0.436. The highest BCUT2D eigenvalue weighted by Gasteiger charge is 2.56. The Hall–Kier alpha value is -7.66. The molecule has 1 spiro atoms. The molecule has 0 saturated heterocycles. The average molecular weight is 831 g/mol. The van der Waals surface area contributed by atoms with Crippen LogP contribution in [0.4, 0.5) is 34.1 Å². The summed E-state index contributed by atoms with van der Waals surface area (Å²) >= 11 is 2.04. The molecule has 9 aromatic carbocycles. The topological polar surface area (TPSA) is 6.48 Å². The predicted molar refractivity (Wildman–Crippen MR) is 270 cm³/mol. The lowest BCUT2D eigenvalue weighted by molar-refractivity contribution is 0.811. The molecule has 3 heterocycles. The SMILES string of the molecule is Cc1ccc(N2c3cc(-c4ccccc4-c4ccccc4)ccc3B3c4sc5c(c4N(c4ccccc4)c4cccc2c43)-c2ccccc2C52c3ccccc3-c3ccccc32)cc1. The molecule has 2 nitrogen and oxygen atoms in total. The lowest BCUT2D eigenvalue weighted by Crippen LogP contribution is -2.60. The van der Waals surface area contributed by atoms with E-state index >= 15 is 0 Å². The summed E-state index contributed by atoms with van der Waals surface area (Å²) in [6.07, 6.45) is 0. The summed E-state index contributed by atoms with van der Waals surface area (Å²) in [5.41, 5.74) is 25.1. The number of aryl methyl sites for hydroxylation is 1. The minimum absolute atomic E-state index is 0.00276. The Balaban J connectivity index is 1.09. The van der Waals surface area contributed by atoms with Crippen LogP contribution >= 0.6 is 11.3 Å². The summed E-state index contributed by atoms with van der Waals surface area (Å²) in [5, 5.41) is 0. The lowest BCUT2D eigenvalue weighted by Gasteiger charge is -2.43. The van der Waals surface area contributed by atoms with Crippen molar-refractivity contribution in [2.45, 2.75) is 12.3 Å². The van der Waals surface area contributed by atoms with Gasteiger partial charge in [-0.3, -0.25) is 0 Å². The molecular formula is C60H39BN2S. The predicted octanol–water partition coefficient (Wildman–Crippen LogP) is 13.8. The molecule has 10 aromatic rings. The maximum Gasteiger partial charge on any atom is 0.264 e. The van der Waals surface area contributed by atoms with Gasteiger partial charge in [-0.15, -0.1) is 11.3 Å². The van der Waals surface area contributed by atoms with Gasteiger partial charge in [0.1, 0.15) is 0 Å². The van der Waals surface area contributed by atoms with Crippen molar-refractivity contribution in [2.75, 3.05) is 9.80 Å². The quantitative estimate of drug-likeness (QED) is 0.163. The van der Waals surface area contributed by atoms with E-state index < -0.39 is 5.41 Å². The van der Waals surface area contributed by atoms with Crippen LogP contribution in [0.2, 0.25) is 0 Å². The molecule has 2 aliphatic carbocycles. The first-order valence-electron chi connectivity index (χ1n) is 22.3. The molecular weight excluding hydrogens is 792 g/mol. The molecule has 14 rings (SSSR count). The molecule has 0 unspecified atom stereocenters. The zero-order valence-electron chi connectivity index (χ0n) is 35.2. The van der Waals surface area contributed by atoms with E-state index in [1.807, 2.05) is 11.3 Å². The third kappa shape index (κ3) is 4.70. The second kappa shape index (κ2) is 13.4. The smallest absolute Gasteiger partial charge is 0.264 e. The second-order valence-corrected chi connectivity index (χ2v) is 18.6. The number of para-hydroxylation sites is 1. The first kappa shape index (κ1) is 35.9. The summed E-state index contributed by atoms with van der Waals surface area (Å²) in [6.45, 7) is 2.18. The molecule has 0 N–H and O–H groups in total.